The smallest absolute Gasteiger partial charge is 0.0601 e. The average Bonchev–Trinajstić information content (AvgIpc) is 2.17. The predicted molar refractivity (Wildman–Crippen MR) is 59.7 cm³/mol. The van der Waals surface area contributed by atoms with Gasteiger partial charge in [0.15, 0.2) is 0 Å². The largest absolute Gasteiger partial charge is 0.393 e. The van der Waals surface area contributed by atoms with Crippen molar-refractivity contribution >= 4 is 28.4 Å². The molecule has 0 aliphatic heterocycles. The van der Waals surface area contributed by atoms with E-state index in [1.807, 2.05) is 0 Å². The van der Waals surface area contributed by atoms with Crippen molar-refractivity contribution in [2.75, 3.05) is 14.1 Å². The molecule has 0 heterocycles. The van der Waals surface area contributed by atoms with Crippen molar-refractivity contribution in [3.63, 3.8) is 0 Å². The highest BCUT2D eigenvalue weighted by Crippen LogP contribution is 2.13. The molecule has 0 aromatic heterocycles. The van der Waals surface area contributed by atoms with E-state index in [9.17, 15) is 0 Å². The van der Waals surface area contributed by atoms with Crippen LogP contribution in [-0.4, -0.2) is 26.5 Å². The lowest BCUT2D eigenvalue weighted by Gasteiger charge is -2.08. The van der Waals surface area contributed by atoms with Gasteiger partial charge < -0.3 is 21.5 Å². The molecule has 0 unspecified atom stereocenters. The summed E-state index contributed by atoms with van der Waals surface area (Å²) in [5, 5.41) is 20.0. The van der Waals surface area contributed by atoms with E-state index in [4.69, 9.17) is 10.8 Å². The van der Waals surface area contributed by atoms with Crippen molar-refractivity contribution in [2.24, 2.45) is 0 Å². The van der Waals surface area contributed by atoms with Gasteiger partial charge in [0, 0.05) is 38.3 Å². The summed E-state index contributed by atoms with van der Waals surface area (Å²) in [4.78, 5) is 0. The van der Waals surface area contributed by atoms with Gasteiger partial charge >= 0.3 is 0 Å². The highest BCUT2D eigenvalue weighted by atomic mass is 79.9. The zero-order valence-electron chi connectivity index (χ0n) is 7.61. The van der Waals surface area contributed by atoms with Gasteiger partial charge in [0.25, 0.3) is 0 Å². The van der Waals surface area contributed by atoms with Crippen molar-refractivity contribution in [1.29, 1.82) is 10.8 Å². The van der Waals surface area contributed by atoms with Crippen molar-refractivity contribution in [1.82, 2.24) is 10.6 Å². The molecule has 0 saturated heterocycles. The standard InChI is InChI=1S/C8H13BrN4/c1-12-5-6(3-10)8(13-2)7(9)4-11/h3-5,10-13H,1-2H3/b6-5+,8-7+,10-3?,11-4?. The molecule has 0 amide bonds. The summed E-state index contributed by atoms with van der Waals surface area (Å²) in [6.07, 6.45) is 4.08. The molecule has 0 spiro atoms. The van der Waals surface area contributed by atoms with E-state index in [-0.39, 0.29) is 0 Å². The molecule has 4 nitrogen and oxygen atoms in total. The molecule has 0 fully saturated rings. The minimum Gasteiger partial charge on any atom is -0.393 e. The maximum Gasteiger partial charge on any atom is 0.0601 e. The van der Waals surface area contributed by atoms with Crippen LogP contribution >= 0.6 is 15.9 Å². The monoisotopic (exact) mass is 244 g/mol. The van der Waals surface area contributed by atoms with Gasteiger partial charge in [-0.3, -0.25) is 0 Å². The number of nitrogens with one attached hydrogen (secondary N) is 4. The molecule has 0 aliphatic carbocycles. The molecule has 5 heteroatoms. The van der Waals surface area contributed by atoms with Crippen molar-refractivity contribution in [3.8, 4) is 0 Å². The Morgan fingerprint density at radius 1 is 1.23 bits per heavy atom. The van der Waals surface area contributed by atoms with E-state index >= 15 is 0 Å². The normalized spacial score (nSPS) is 13.0. The Balaban J connectivity index is 5.05. The third kappa shape index (κ3) is 3.42. The minimum atomic E-state index is 0.611. The number of likely N-dealkylation sites (N-methyl/N-ethyl adjacent to an activating group) is 1. The fourth-order valence-electron chi connectivity index (χ4n) is 0.815. The third-order valence-corrected chi connectivity index (χ3v) is 1.98. The van der Waals surface area contributed by atoms with Crippen molar-refractivity contribution in [2.45, 2.75) is 0 Å². The molecule has 0 aliphatic rings. The molecular formula is C8H13BrN4. The zero-order valence-corrected chi connectivity index (χ0v) is 9.20. The van der Waals surface area contributed by atoms with E-state index in [2.05, 4.69) is 26.6 Å². The van der Waals surface area contributed by atoms with Crippen LogP contribution < -0.4 is 10.6 Å². The molecule has 0 saturated carbocycles. The molecule has 0 atom stereocenters. The minimum absolute atomic E-state index is 0.611. The summed E-state index contributed by atoms with van der Waals surface area (Å²) < 4.78 is 0.611. The average molecular weight is 245 g/mol. The number of rotatable bonds is 5. The molecule has 0 aromatic rings. The van der Waals surface area contributed by atoms with Crippen LogP contribution in [0.5, 0.6) is 0 Å². The van der Waals surface area contributed by atoms with Gasteiger partial charge in [0.05, 0.1) is 10.2 Å². The first-order valence-corrected chi connectivity index (χ1v) is 4.46. The topological polar surface area (TPSA) is 71.8 Å². The Kier molecular flexibility index (Phi) is 5.88. The summed E-state index contributed by atoms with van der Waals surface area (Å²) in [6, 6.07) is 0. The lowest BCUT2D eigenvalue weighted by molar-refractivity contribution is 1.00. The number of hydrogen-bond acceptors (Lipinski definition) is 4. The highest BCUT2D eigenvalue weighted by Gasteiger charge is 2.03. The van der Waals surface area contributed by atoms with Gasteiger partial charge in [-0.15, -0.1) is 0 Å². The summed E-state index contributed by atoms with van der Waals surface area (Å²) in [5.74, 6) is 0. The zero-order chi connectivity index (χ0) is 10.3. The predicted octanol–water partition coefficient (Wildman–Crippen LogP) is 1.21. The van der Waals surface area contributed by atoms with E-state index in [0.29, 0.717) is 15.8 Å². The van der Waals surface area contributed by atoms with Gasteiger partial charge in [-0.2, -0.15) is 0 Å². The second-order valence-electron chi connectivity index (χ2n) is 2.15. The second kappa shape index (κ2) is 6.42. The van der Waals surface area contributed by atoms with Gasteiger partial charge in [0.1, 0.15) is 0 Å². The Hall–Kier alpha value is -1.10. The third-order valence-electron chi connectivity index (χ3n) is 1.36. The molecule has 0 radical (unpaired) electrons. The molecule has 72 valence electrons. The molecule has 0 rings (SSSR count). The van der Waals surface area contributed by atoms with Gasteiger partial charge in [0.2, 0.25) is 0 Å². The van der Waals surface area contributed by atoms with Gasteiger partial charge in [-0.25, -0.2) is 0 Å². The summed E-state index contributed by atoms with van der Waals surface area (Å²) in [7, 11) is 3.50. The van der Waals surface area contributed by atoms with Crippen molar-refractivity contribution < 1.29 is 0 Å². The first-order chi connectivity index (χ1) is 6.21. The summed E-state index contributed by atoms with van der Waals surface area (Å²) in [6.45, 7) is 0. The van der Waals surface area contributed by atoms with Crippen molar-refractivity contribution in [3.05, 3.63) is 22.0 Å². The van der Waals surface area contributed by atoms with Crippen LogP contribution in [0.25, 0.3) is 0 Å². The van der Waals surface area contributed by atoms with E-state index in [0.717, 1.165) is 0 Å². The fourth-order valence-corrected chi connectivity index (χ4v) is 1.24. The molecule has 13 heavy (non-hydrogen) atoms. The Morgan fingerprint density at radius 2 is 1.85 bits per heavy atom. The van der Waals surface area contributed by atoms with E-state index < -0.39 is 0 Å². The Morgan fingerprint density at radius 3 is 2.15 bits per heavy atom. The quantitative estimate of drug-likeness (QED) is 0.434. The van der Waals surface area contributed by atoms with Crippen LogP contribution in [-0.2, 0) is 0 Å². The maximum absolute atomic E-state index is 7.16. The lowest BCUT2D eigenvalue weighted by Crippen LogP contribution is -2.13. The Labute approximate surface area is 86.3 Å². The molecule has 4 N–H and O–H groups in total. The first-order valence-electron chi connectivity index (χ1n) is 3.67. The van der Waals surface area contributed by atoms with Gasteiger partial charge in [-0.05, 0) is 15.9 Å². The van der Waals surface area contributed by atoms with Crippen LogP contribution in [0.4, 0.5) is 0 Å². The molecule has 0 bridgehead atoms. The van der Waals surface area contributed by atoms with E-state index in [1.54, 1.807) is 20.3 Å². The van der Waals surface area contributed by atoms with Gasteiger partial charge in [-0.1, -0.05) is 0 Å². The number of hydrogen-bond donors (Lipinski definition) is 4. The SMILES string of the molecule is CN/C=C(C=N)/C(NC)=C(\Br)C=N. The first kappa shape index (κ1) is 11.9. The van der Waals surface area contributed by atoms with E-state index in [1.165, 1.54) is 12.4 Å². The van der Waals surface area contributed by atoms with Crippen LogP contribution in [0, 0.1) is 10.8 Å². The van der Waals surface area contributed by atoms with Crippen LogP contribution in [0.1, 0.15) is 0 Å². The molecular weight excluding hydrogens is 232 g/mol. The lowest BCUT2D eigenvalue weighted by atomic mass is 10.2. The fraction of sp³-hybridized carbons (Fsp3) is 0.250. The van der Waals surface area contributed by atoms with Crippen LogP contribution in [0.3, 0.4) is 0 Å². The highest BCUT2D eigenvalue weighted by molar-refractivity contribution is 9.12. The van der Waals surface area contributed by atoms with Crippen LogP contribution in [0.2, 0.25) is 0 Å². The summed E-state index contributed by atoms with van der Waals surface area (Å²) in [5.41, 5.74) is 1.39. The Bertz CT molecular complexity index is 255. The van der Waals surface area contributed by atoms with Crippen LogP contribution in [0.15, 0.2) is 22.0 Å². The maximum atomic E-state index is 7.16. The number of allylic oxidation sites excluding steroid dienone is 2. The summed E-state index contributed by atoms with van der Waals surface area (Å²) >= 11 is 3.22. The second-order valence-corrected chi connectivity index (χ2v) is 3.00. The molecule has 0 aromatic carbocycles. The number of halogens is 1.